The monoisotopic (exact) mass is 258 g/mol. The topological polar surface area (TPSA) is 69.6 Å². The number of hydrogen-bond donors (Lipinski definition) is 2. The lowest BCUT2D eigenvalue weighted by atomic mass is 9.95. The predicted molar refractivity (Wildman–Crippen MR) is 71.2 cm³/mol. The Morgan fingerprint density at radius 3 is 3.00 bits per heavy atom. The van der Waals surface area contributed by atoms with E-state index in [4.69, 9.17) is 5.11 Å². The average molecular weight is 258 g/mol. The van der Waals surface area contributed by atoms with Crippen LogP contribution in [0.25, 0.3) is 0 Å². The van der Waals surface area contributed by atoms with Crippen LogP contribution in [0.2, 0.25) is 0 Å². The summed E-state index contributed by atoms with van der Waals surface area (Å²) < 4.78 is 0. The summed E-state index contributed by atoms with van der Waals surface area (Å²) in [6.07, 6.45) is 3.11. The van der Waals surface area contributed by atoms with Crippen molar-refractivity contribution in [3.63, 3.8) is 0 Å². The van der Waals surface area contributed by atoms with Crippen molar-refractivity contribution in [1.82, 2.24) is 0 Å². The molecule has 1 aromatic rings. The van der Waals surface area contributed by atoms with Gasteiger partial charge in [-0.3, -0.25) is 0 Å². The number of carboxylic acids is 1. The van der Waals surface area contributed by atoms with Crippen molar-refractivity contribution in [2.75, 3.05) is 16.8 Å². The quantitative estimate of drug-likeness (QED) is 0.753. The van der Waals surface area contributed by atoms with Crippen molar-refractivity contribution < 1.29 is 14.7 Å². The van der Waals surface area contributed by atoms with Crippen LogP contribution in [0.3, 0.4) is 0 Å². The van der Waals surface area contributed by atoms with Crippen molar-refractivity contribution in [2.24, 2.45) is 0 Å². The molecule has 0 radical (unpaired) electrons. The third-order valence-corrected chi connectivity index (χ3v) is 3.77. The molecule has 2 heterocycles. The number of nitrogens with one attached hydrogen (secondary N) is 1. The lowest BCUT2D eigenvalue weighted by Crippen LogP contribution is -2.45. The summed E-state index contributed by atoms with van der Waals surface area (Å²) in [6, 6.07) is 5.03. The van der Waals surface area contributed by atoms with Crippen LogP contribution in [-0.2, 0) is 4.79 Å². The molecule has 5 heteroatoms. The Hall–Kier alpha value is -2.26. The van der Waals surface area contributed by atoms with Crippen LogP contribution >= 0.6 is 0 Å². The molecule has 1 unspecified atom stereocenters. The molecule has 5 nitrogen and oxygen atoms in total. The molecule has 0 aliphatic carbocycles. The predicted octanol–water partition coefficient (Wildman–Crippen LogP) is 1.88. The second kappa shape index (κ2) is 4.44. The number of carboxylic acid groups (broad SMARTS) is 1. The third-order valence-electron chi connectivity index (χ3n) is 3.77. The highest BCUT2D eigenvalue weighted by Crippen LogP contribution is 2.39. The van der Waals surface area contributed by atoms with Crippen molar-refractivity contribution in [3.8, 4) is 0 Å². The summed E-state index contributed by atoms with van der Waals surface area (Å²) in [6.45, 7) is 0.886. The Morgan fingerprint density at radius 1 is 1.42 bits per heavy atom. The molecular formula is C14H14N2O3. The molecule has 19 heavy (non-hydrogen) atoms. The minimum absolute atomic E-state index is 0.0504. The van der Waals surface area contributed by atoms with E-state index in [2.05, 4.69) is 10.2 Å². The van der Waals surface area contributed by atoms with E-state index in [9.17, 15) is 9.59 Å². The molecule has 2 aliphatic rings. The Labute approximate surface area is 110 Å². The van der Waals surface area contributed by atoms with E-state index in [1.807, 2.05) is 12.0 Å². The number of anilines is 2. The first-order valence-electron chi connectivity index (χ1n) is 6.36. The van der Waals surface area contributed by atoms with Crippen LogP contribution in [0.4, 0.5) is 11.4 Å². The normalized spacial score (nSPS) is 20.9. The molecular weight excluding hydrogens is 244 g/mol. The van der Waals surface area contributed by atoms with Crippen LogP contribution in [0.15, 0.2) is 23.9 Å². The maximum atomic E-state index is 11.1. The average Bonchev–Trinajstić information content (AvgIpc) is 2.45. The fourth-order valence-corrected chi connectivity index (χ4v) is 2.86. The Balaban J connectivity index is 2.09. The Kier molecular flexibility index (Phi) is 2.76. The van der Waals surface area contributed by atoms with Gasteiger partial charge in [0.25, 0.3) is 0 Å². The first-order chi connectivity index (χ1) is 9.20. The molecule has 98 valence electrons. The molecule has 0 amide bonds. The second-order valence-electron chi connectivity index (χ2n) is 4.88. The maximum Gasteiger partial charge on any atom is 0.335 e. The van der Waals surface area contributed by atoms with E-state index in [-0.39, 0.29) is 11.6 Å². The van der Waals surface area contributed by atoms with Crippen molar-refractivity contribution in [2.45, 2.75) is 25.3 Å². The van der Waals surface area contributed by atoms with Gasteiger partial charge in [-0.2, -0.15) is 0 Å². The highest BCUT2D eigenvalue weighted by atomic mass is 16.4. The van der Waals surface area contributed by atoms with Gasteiger partial charge in [-0.15, -0.1) is 0 Å². The van der Waals surface area contributed by atoms with Crippen LogP contribution in [0.1, 0.15) is 29.6 Å². The molecule has 2 N–H and O–H groups in total. The number of aromatic carboxylic acids is 1. The molecule has 0 aromatic heterocycles. The lowest BCUT2D eigenvalue weighted by molar-refractivity contribution is 0.0697. The highest BCUT2D eigenvalue weighted by molar-refractivity contribution is 5.92. The zero-order valence-corrected chi connectivity index (χ0v) is 10.3. The van der Waals surface area contributed by atoms with Gasteiger partial charge < -0.3 is 15.3 Å². The number of rotatable bonds is 1. The lowest BCUT2D eigenvalue weighted by Gasteiger charge is -2.42. The van der Waals surface area contributed by atoms with E-state index in [1.54, 1.807) is 12.1 Å². The van der Waals surface area contributed by atoms with Crippen LogP contribution in [0, 0.1) is 0 Å². The summed E-state index contributed by atoms with van der Waals surface area (Å²) in [5, 5.41) is 12.0. The van der Waals surface area contributed by atoms with E-state index in [1.165, 1.54) is 0 Å². The van der Waals surface area contributed by atoms with Crippen molar-refractivity contribution in [1.29, 1.82) is 0 Å². The van der Waals surface area contributed by atoms with Gasteiger partial charge >= 0.3 is 5.97 Å². The maximum absolute atomic E-state index is 11.1. The molecule has 3 rings (SSSR count). The summed E-state index contributed by atoms with van der Waals surface area (Å²) in [7, 11) is 0. The summed E-state index contributed by atoms with van der Waals surface area (Å²) in [5.74, 6) is 0.989. The number of carbonyl (C=O) groups excluding carboxylic acids is 1. The van der Waals surface area contributed by atoms with Gasteiger partial charge in [0, 0.05) is 6.54 Å². The van der Waals surface area contributed by atoms with Crippen molar-refractivity contribution >= 4 is 23.3 Å². The van der Waals surface area contributed by atoms with Crippen LogP contribution < -0.4 is 10.2 Å². The number of fused-ring (bicyclic) bond motifs is 3. The van der Waals surface area contributed by atoms with E-state index < -0.39 is 5.97 Å². The zero-order chi connectivity index (χ0) is 13.4. The number of benzene rings is 1. The van der Waals surface area contributed by atoms with Gasteiger partial charge in [-0.25, -0.2) is 9.59 Å². The summed E-state index contributed by atoms with van der Waals surface area (Å²) >= 11 is 0. The first kappa shape index (κ1) is 11.8. The Morgan fingerprint density at radius 2 is 2.26 bits per heavy atom. The third kappa shape index (κ3) is 1.88. The molecule has 0 spiro atoms. The van der Waals surface area contributed by atoms with Crippen LogP contribution in [-0.4, -0.2) is 29.6 Å². The first-order valence-corrected chi connectivity index (χ1v) is 6.36. The Bertz CT molecular complexity index is 590. The number of carbonyl (C=O) groups is 1. The highest BCUT2D eigenvalue weighted by Gasteiger charge is 2.33. The molecule has 1 aromatic carbocycles. The second-order valence-corrected chi connectivity index (χ2v) is 4.88. The van der Waals surface area contributed by atoms with E-state index >= 15 is 0 Å². The fourth-order valence-electron chi connectivity index (χ4n) is 2.86. The fraction of sp³-hybridized carbons (Fsp3) is 0.357. The zero-order valence-electron chi connectivity index (χ0n) is 10.3. The number of piperidine rings is 1. The summed E-state index contributed by atoms with van der Waals surface area (Å²) in [5.41, 5.74) is 2.37. The van der Waals surface area contributed by atoms with Gasteiger partial charge in [0.1, 0.15) is 11.6 Å². The van der Waals surface area contributed by atoms with Crippen molar-refractivity contribution in [3.05, 3.63) is 29.5 Å². The SMILES string of the molecule is O=C=C1Nc2cc(C(=O)O)ccc2N2CCCCC12. The minimum Gasteiger partial charge on any atom is -0.478 e. The molecule has 2 aliphatic heterocycles. The largest absolute Gasteiger partial charge is 0.478 e. The number of nitrogens with zero attached hydrogens (tertiary/aromatic N) is 1. The molecule has 0 saturated carbocycles. The van der Waals surface area contributed by atoms with E-state index in [0.29, 0.717) is 11.4 Å². The molecule has 0 bridgehead atoms. The smallest absolute Gasteiger partial charge is 0.335 e. The molecule has 1 saturated heterocycles. The van der Waals surface area contributed by atoms with Gasteiger partial charge in [0.05, 0.1) is 23.0 Å². The summed E-state index contributed by atoms with van der Waals surface area (Å²) in [4.78, 5) is 24.2. The number of hydrogen-bond acceptors (Lipinski definition) is 4. The van der Waals surface area contributed by atoms with Gasteiger partial charge in [-0.05, 0) is 37.5 Å². The van der Waals surface area contributed by atoms with Gasteiger partial charge in [0.2, 0.25) is 0 Å². The minimum atomic E-state index is -0.970. The van der Waals surface area contributed by atoms with Gasteiger partial charge in [0.15, 0.2) is 0 Å². The molecule has 1 fully saturated rings. The molecule has 1 atom stereocenters. The van der Waals surface area contributed by atoms with Crippen LogP contribution in [0.5, 0.6) is 0 Å². The standard InChI is InChI=1S/C14H14N2O3/c17-8-11-12-3-1-2-6-16(12)13-5-4-9(14(18)19)7-10(13)15-11/h4-5,7,12,15H,1-3,6H2,(H,18,19). The van der Waals surface area contributed by atoms with Gasteiger partial charge in [-0.1, -0.05) is 0 Å². The van der Waals surface area contributed by atoms with E-state index in [0.717, 1.165) is 31.5 Å².